The Morgan fingerprint density at radius 3 is 2.46 bits per heavy atom. The molecule has 0 fully saturated rings. The van der Waals surface area contributed by atoms with Crippen LogP contribution in [0.2, 0.25) is 0 Å². The number of benzene rings is 2. The van der Waals surface area contributed by atoms with Gasteiger partial charge < -0.3 is 24.1 Å². The second-order valence-corrected chi connectivity index (χ2v) is 6.13. The summed E-state index contributed by atoms with van der Waals surface area (Å²) in [7, 11) is 2.83. The third-order valence-electron chi connectivity index (χ3n) is 4.41. The zero-order chi connectivity index (χ0) is 20.1. The van der Waals surface area contributed by atoms with Gasteiger partial charge in [-0.1, -0.05) is 18.2 Å². The van der Waals surface area contributed by atoms with Crippen molar-refractivity contribution in [1.82, 2.24) is 0 Å². The predicted octanol–water partition coefficient (Wildman–Crippen LogP) is 3.24. The van der Waals surface area contributed by atoms with Crippen molar-refractivity contribution < 1.29 is 33.6 Å². The number of carboxylic acid groups (broad SMARTS) is 1. The first-order valence-corrected chi connectivity index (χ1v) is 8.57. The number of hydrogen-bond acceptors (Lipinski definition) is 6. The van der Waals surface area contributed by atoms with E-state index in [9.17, 15) is 14.7 Å². The maximum absolute atomic E-state index is 12.5. The van der Waals surface area contributed by atoms with Crippen molar-refractivity contribution >= 4 is 18.0 Å². The molecule has 0 aliphatic carbocycles. The summed E-state index contributed by atoms with van der Waals surface area (Å²) in [6, 6.07) is 12.2. The molecule has 2 aromatic rings. The van der Waals surface area contributed by atoms with Gasteiger partial charge in [0.05, 0.1) is 20.6 Å². The van der Waals surface area contributed by atoms with Gasteiger partial charge in [-0.2, -0.15) is 0 Å². The van der Waals surface area contributed by atoms with Gasteiger partial charge in [-0.25, -0.2) is 4.79 Å². The Labute approximate surface area is 162 Å². The molecule has 3 rings (SSSR count). The third kappa shape index (κ3) is 4.25. The Kier molecular flexibility index (Phi) is 5.84. The number of methoxy groups -OCH3 is 2. The monoisotopic (exact) mass is 384 g/mol. The first-order chi connectivity index (χ1) is 13.5. The fourth-order valence-electron chi connectivity index (χ4n) is 3.01. The Bertz CT molecular complexity index is 899. The minimum atomic E-state index is -1.03. The van der Waals surface area contributed by atoms with Crippen LogP contribution in [0.1, 0.15) is 23.5 Å². The summed E-state index contributed by atoms with van der Waals surface area (Å²) in [4.78, 5) is 24.0. The number of rotatable bonds is 7. The summed E-state index contributed by atoms with van der Waals surface area (Å²) in [6.45, 7) is 0.105. The maximum atomic E-state index is 12.5. The minimum absolute atomic E-state index is 0.105. The molecule has 1 aliphatic rings. The van der Waals surface area contributed by atoms with E-state index in [1.807, 2.05) is 0 Å². The van der Waals surface area contributed by atoms with Crippen LogP contribution in [0.5, 0.6) is 17.2 Å². The second-order valence-electron chi connectivity index (χ2n) is 6.13. The summed E-state index contributed by atoms with van der Waals surface area (Å²) in [5.74, 6) is -0.582. The molecule has 0 spiro atoms. The molecule has 1 heterocycles. The van der Waals surface area contributed by atoms with E-state index in [1.165, 1.54) is 7.11 Å². The smallest absolute Gasteiger partial charge is 0.334 e. The van der Waals surface area contributed by atoms with Crippen LogP contribution in [-0.2, 0) is 14.3 Å². The van der Waals surface area contributed by atoms with Gasteiger partial charge in [-0.3, -0.25) is 4.79 Å². The standard InChI is InChI=1S/C21H20O7/c1-25-15-6-3-13(4-7-15)9-17(21(24)26-2)16(11-20(22)23)14-5-8-18-19(10-14)28-12-27-18/h3-10,16H,11-12H2,1-2H3,(H,22,23)/b17-9+. The molecule has 7 heteroatoms. The molecule has 0 saturated carbocycles. The van der Waals surface area contributed by atoms with Crippen molar-refractivity contribution in [2.45, 2.75) is 12.3 Å². The van der Waals surface area contributed by atoms with Crippen LogP contribution in [0.3, 0.4) is 0 Å². The number of hydrogen-bond donors (Lipinski definition) is 1. The number of carboxylic acids is 1. The lowest BCUT2D eigenvalue weighted by atomic mass is 9.86. The van der Waals surface area contributed by atoms with E-state index in [0.29, 0.717) is 22.8 Å². The van der Waals surface area contributed by atoms with E-state index in [1.54, 1.807) is 55.7 Å². The molecule has 1 N–H and O–H groups in total. The highest BCUT2D eigenvalue weighted by atomic mass is 16.7. The Hall–Kier alpha value is -3.48. The number of fused-ring (bicyclic) bond motifs is 1. The molecule has 28 heavy (non-hydrogen) atoms. The average molecular weight is 384 g/mol. The second kappa shape index (κ2) is 8.47. The molecular formula is C21H20O7. The van der Waals surface area contributed by atoms with Gasteiger partial charge in [0, 0.05) is 11.5 Å². The van der Waals surface area contributed by atoms with E-state index in [-0.39, 0.29) is 18.8 Å². The quantitative estimate of drug-likeness (QED) is 0.579. The van der Waals surface area contributed by atoms with Gasteiger partial charge in [0.2, 0.25) is 6.79 Å². The summed E-state index contributed by atoms with van der Waals surface area (Å²) in [6.07, 6.45) is 1.35. The van der Waals surface area contributed by atoms with E-state index in [4.69, 9.17) is 18.9 Å². The lowest BCUT2D eigenvalue weighted by Gasteiger charge is -2.18. The van der Waals surface area contributed by atoms with Gasteiger partial charge in [0.25, 0.3) is 0 Å². The van der Waals surface area contributed by atoms with Crippen molar-refractivity contribution in [1.29, 1.82) is 0 Å². The molecule has 2 aromatic carbocycles. The van der Waals surface area contributed by atoms with Crippen LogP contribution in [-0.4, -0.2) is 38.1 Å². The highest BCUT2D eigenvalue weighted by molar-refractivity contribution is 5.96. The summed E-state index contributed by atoms with van der Waals surface area (Å²) in [5.41, 5.74) is 1.57. The number of ether oxygens (including phenoxy) is 4. The molecule has 1 aliphatic heterocycles. The third-order valence-corrected chi connectivity index (χ3v) is 4.41. The predicted molar refractivity (Wildman–Crippen MR) is 101 cm³/mol. The molecule has 0 bridgehead atoms. The largest absolute Gasteiger partial charge is 0.497 e. The lowest BCUT2D eigenvalue weighted by molar-refractivity contribution is -0.138. The van der Waals surface area contributed by atoms with Gasteiger partial charge in [0.15, 0.2) is 11.5 Å². The average Bonchev–Trinajstić information content (AvgIpc) is 3.18. The van der Waals surface area contributed by atoms with Crippen molar-refractivity contribution in [2.75, 3.05) is 21.0 Å². The Morgan fingerprint density at radius 2 is 1.82 bits per heavy atom. The van der Waals surface area contributed by atoms with Crippen LogP contribution in [0.4, 0.5) is 0 Å². The number of carbonyl (C=O) groups excluding carboxylic acids is 1. The molecule has 7 nitrogen and oxygen atoms in total. The van der Waals surface area contributed by atoms with Crippen molar-refractivity contribution in [3.63, 3.8) is 0 Å². The molecular weight excluding hydrogens is 364 g/mol. The zero-order valence-corrected chi connectivity index (χ0v) is 15.5. The number of esters is 1. The molecule has 0 saturated heterocycles. The molecule has 0 amide bonds. The van der Waals surface area contributed by atoms with Crippen molar-refractivity contribution in [3.8, 4) is 17.2 Å². The molecule has 0 aromatic heterocycles. The Balaban J connectivity index is 2.05. The molecule has 0 radical (unpaired) electrons. The van der Waals surface area contributed by atoms with Crippen LogP contribution in [0, 0.1) is 0 Å². The maximum Gasteiger partial charge on any atom is 0.334 e. The van der Waals surface area contributed by atoms with Gasteiger partial charge >= 0.3 is 11.9 Å². The summed E-state index contributed by atoms with van der Waals surface area (Å²) < 4.78 is 20.8. The highest BCUT2D eigenvalue weighted by Gasteiger charge is 2.28. The van der Waals surface area contributed by atoms with Crippen LogP contribution in [0.15, 0.2) is 48.0 Å². The van der Waals surface area contributed by atoms with Gasteiger partial charge in [0.1, 0.15) is 5.75 Å². The summed E-state index contributed by atoms with van der Waals surface area (Å²) >= 11 is 0. The SMILES string of the molecule is COC(=O)/C(=C/c1ccc(OC)cc1)C(CC(=O)O)c1ccc2c(c1)OCO2. The topological polar surface area (TPSA) is 91.3 Å². The van der Waals surface area contributed by atoms with Crippen LogP contribution >= 0.6 is 0 Å². The summed E-state index contributed by atoms with van der Waals surface area (Å²) in [5, 5.41) is 9.42. The fraction of sp³-hybridized carbons (Fsp3) is 0.238. The van der Waals surface area contributed by atoms with Crippen LogP contribution < -0.4 is 14.2 Å². The highest BCUT2D eigenvalue weighted by Crippen LogP contribution is 2.38. The Morgan fingerprint density at radius 1 is 1.11 bits per heavy atom. The fourth-order valence-corrected chi connectivity index (χ4v) is 3.01. The van der Waals surface area contributed by atoms with Crippen molar-refractivity contribution in [2.24, 2.45) is 0 Å². The normalized spacial score (nSPS) is 13.7. The van der Waals surface area contributed by atoms with Gasteiger partial charge in [-0.15, -0.1) is 0 Å². The van der Waals surface area contributed by atoms with E-state index < -0.39 is 17.9 Å². The minimum Gasteiger partial charge on any atom is -0.497 e. The van der Waals surface area contributed by atoms with E-state index in [2.05, 4.69) is 0 Å². The lowest BCUT2D eigenvalue weighted by Crippen LogP contribution is -2.16. The number of carbonyl (C=O) groups is 2. The van der Waals surface area contributed by atoms with E-state index in [0.717, 1.165) is 5.56 Å². The first-order valence-electron chi connectivity index (χ1n) is 8.57. The number of aliphatic carboxylic acids is 1. The van der Waals surface area contributed by atoms with Crippen molar-refractivity contribution in [3.05, 3.63) is 59.2 Å². The van der Waals surface area contributed by atoms with Crippen LogP contribution in [0.25, 0.3) is 6.08 Å². The first kappa shape index (κ1) is 19.3. The van der Waals surface area contributed by atoms with Gasteiger partial charge in [-0.05, 0) is 41.5 Å². The van der Waals surface area contributed by atoms with E-state index >= 15 is 0 Å². The molecule has 1 unspecified atom stereocenters. The molecule has 1 atom stereocenters. The molecule has 146 valence electrons. The zero-order valence-electron chi connectivity index (χ0n) is 15.5.